The van der Waals surface area contributed by atoms with Crippen LogP contribution in [0.3, 0.4) is 0 Å². The molecule has 8 atom stereocenters. The number of rotatable bonds is 29. The lowest BCUT2D eigenvalue weighted by molar-refractivity contribution is -0.150. The number of phenolic OH excluding ortho intramolecular Hbond substituents is 1. The number of carbonyl (C=O) groups is 11. The number of phenols is 1. The molecule has 1 aliphatic rings. The Labute approximate surface area is 412 Å². The van der Waals surface area contributed by atoms with Crippen LogP contribution in [0.15, 0.2) is 59.6 Å². The third kappa shape index (κ3) is 19.6. The molecule has 392 valence electrons. The minimum atomic E-state index is -1.75. The molecule has 1 heterocycles. The summed E-state index contributed by atoms with van der Waals surface area (Å²) in [7, 11) is 0. The average Bonchev–Trinajstić information content (AvgIpc) is 3.81. The van der Waals surface area contributed by atoms with Crippen LogP contribution < -0.4 is 54.8 Å². The number of benzene rings is 2. The SMILES string of the molecule is C[C@H](NC(=O)[C@H](CCC(=O)O)NC(=O)[C@H](Cc1ccc(O)cc1)NC(=O)[C@@H](N)CC(N)=O)C(=O)N[C@@H](CCCN=C(N)N)C(=O)N[C@@H](Cc1ccccc1)C(=O)N[C@@H](CC(=O)O)C(=O)N1CCC[C@H]1C(=O)O. The van der Waals surface area contributed by atoms with Gasteiger partial charge in [-0.25, -0.2) is 4.79 Å². The summed E-state index contributed by atoms with van der Waals surface area (Å²) >= 11 is 0. The molecule has 27 heteroatoms. The van der Waals surface area contributed by atoms with Gasteiger partial charge in [0.25, 0.3) is 0 Å². The maximum absolute atomic E-state index is 14.2. The molecule has 3 rings (SSSR count). The predicted molar refractivity (Wildman–Crippen MR) is 252 cm³/mol. The zero-order valence-corrected chi connectivity index (χ0v) is 39.3. The fraction of sp³-hybridized carbons (Fsp3) is 0.467. The van der Waals surface area contributed by atoms with Gasteiger partial charge in [0.05, 0.1) is 18.9 Å². The lowest BCUT2D eigenvalue weighted by atomic mass is 10.0. The van der Waals surface area contributed by atoms with Crippen LogP contribution in [-0.2, 0) is 65.6 Å². The largest absolute Gasteiger partial charge is 0.508 e. The standard InChI is InChI=1S/C45H62N12O15/c1-23(51-39(66)29(15-16-35(60)61)53-41(68)30(20-25-11-13-26(58)14-12-25)54-38(65)27(46)21-34(47)59)37(64)52-28(9-5-17-50-45(48)49)40(67)55-31(19-24-7-3-2-4-8-24)42(69)56-32(22-36(62)63)43(70)57-18-6-10-33(57)44(71)72/h2-4,7-8,11-14,23,27-33,58H,5-6,9-10,15-22,46H2,1H3,(H2,47,59)(H,51,66)(H,52,64)(H,53,68)(H,54,65)(H,55,67)(H,56,69)(H,60,61)(H,62,63)(H,71,72)(H4,48,49,50)/t23-,27-,28-,29-,30-,31-,32-,33-/m0/s1. The van der Waals surface area contributed by atoms with E-state index in [-0.39, 0.29) is 56.9 Å². The zero-order valence-electron chi connectivity index (χ0n) is 39.3. The Morgan fingerprint density at radius 2 is 1.15 bits per heavy atom. The van der Waals surface area contributed by atoms with Gasteiger partial charge in [-0.3, -0.25) is 52.9 Å². The maximum atomic E-state index is 14.2. The Morgan fingerprint density at radius 3 is 1.71 bits per heavy atom. The summed E-state index contributed by atoms with van der Waals surface area (Å²) in [5.41, 5.74) is 22.8. The second-order valence-electron chi connectivity index (χ2n) is 16.9. The quantitative estimate of drug-likeness (QED) is 0.0209. The number of nitrogens with two attached hydrogens (primary N) is 4. The monoisotopic (exact) mass is 1010 g/mol. The first-order valence-electron chi connectivity index (χ1n) is 22.7. The van der Waals surface area contributed by atoms with Gasteiger partial charge in [-0.05, 0) is 62.3 Å². The molecule has 72 heavy (non-hydrogen) atoms. The summed E-state index contributed by atoms with van der Waals surface area (Å²) in [6.45, 7) is 1.15. The van der Waals surface area contributed by atoms with E-state index in [2.05, 4.69) is 36.9 Å². The van der Waals surface area contributed by atoms with Crippen LogP contribution in [0.4, 0.5) is 0 Å². The second kappa shape index (κ2) is 28.3. The number of aliphatic carboxylic acids is 3. The first-order valence-corrected chi connectivity index (χ1v) is 22.7. The van der Waals surface area contributed by atoms with E-state index in [1.54, 1.807) is 30.3 Å². The molecule has 2 aromatic rings. The Hall–Kier alpha value is -8.36. The molecule has 27 nitrogen and oxygen atoms in total. The van der Waals surface area contributed by atoms with Gasteiger partial charge in [0.2, 0.25) is 47.3 Å². The van der Waals surface area contributed by atoms with Crippen LogP contribution in [-0.4, -0.2) is 158 Å². The summed E-state index contributed by atoms with van der Waals surface area (Å²) in [4.78, 5) is 148. The van der Waals surface area contributed by atoms with Gasteiger partial charge in [-0.15, -0.1) is 0 Å². The van der Waals surface area contributed by atoms with E-state index < -0.39 is 139 Å². The summed E-state index contributed by atoms with van der Waals surface area (Å²) in [6.07, 6.45) is -2.90. The molecule has 0 spiro atoms. The highest BCUT2D eigenvalue weighted by molar-refractivity contribution is 5.98. The van der Waals surface area contributed by atoms with Crippen LogP contribution in [0.1, 0.15) is 69.4 Å². The molecule has 0 radical (unpaired) electrons. The third-order valence-corrected chi connectivity index (χ3v) is 11.1. The van der Waals surface area contributed by atoms with Crippen molar-refractivity contribution in [3.05, 3.63) is 65.7 Å². The fourth-order valence-corrected chi connectivity index (χ4v) is 7.39. The third-order valence-electron chi connectivity index (χ3n) is 11.1. The smallest absolute Gasteiger partial charge is 0.326 e. The number of nitrogens with one attached hydrogen (secondary N) is 6. The molecule has 0 aliphatic carbocycles. The van der Waals surface area contributed by atoms with Crippen molar-refractivity contribution in [2.24, 2.45) is 27.9 Å². The number of guanidine groups is 1. The van der Waals surface area contributed by atoms with Gasteiger partial charge in [0, 0.05) is 32.4 Å². The molecule has 0 saturated carbocycles. The number of aliphatic imine (C=N–C) groups is 1. The van der Waals surface area contributed by atoms with Crippen molar-refractivity contribution in [2.75, 3.05) is 13.1 Å². The number of primary amides is 1. The van der Waals surface area contributed by atoms with E-state index in [1.165, 1.54) is 31.2 Å². The molecule has 0 unspecified atom stereocenters. The molecular weight excluding hydrogens is 949 g/mol. The van der Waals surface area contributed by atoms with Crippen molar-refractivity contribution in [1.82, 2.24) is 36.8 Å². The van der Waals surface area contributed by atoms with Crippen molar-refractivity contribution in [3.8, 4) is 5.75 Å². The Morgan fingerprint density at radius 1 is 0.639 bits per heavy atom. The summed E-state index contributed by atoms with van der Waals surface area (Å²) in [6, 6.07) is 1.49. The zero-order chi connectivity index (χ0) is 53.7. The van der Waals surface area contributed by atoms with E-state index in [1.807, 2.05) is 0 Å². The molecule has 2 aromatic carbocycles. The number of hydrogen-bond donors (Lipinski definition) is 14. The molecule has 1 fully saturated rings. The fourth-order valence-electron chi connectivity index (χ4n) is 7.39. The van der Waals surface area contributed by atoms with Crippen LogP contribution in [0.25, 0.3) is 0 Å². The Kier molecular flexibility index (Phi) is 22.8. The number of nitrogens with zero attached hydrogens (tertiary/aromatic N) is 2. The van der Waals surface area contributed by atoms with E-state index >= 15 is 0 Å². The average molecular weight is 1010 g/mol. The van der Waals surface area contributed by atoms with Crippen LogP contribution >= 0.6 is 0 Å². The second-order valence-corrected chi connectivity index (χ2v) is 16.9. The van der Waals surface area contributed by atoms with Gasteiger partial charge in [-0.2, -0.15) is 0 Å². The maximum Gasteiger partial charge on any atom is 0.326 e. The predicted octanol–water partition coefficient (Wildman–Crippen LogP) is -4.22. The molecular formula is C45H62N12O15. The van der Waals surface area contributed by atoms with Crippen LogP contribution in [0.5, 0.6) is 5.75 Å². The highest BCUT2D eigenvalue weighted by atomic mass is 16.4. The normalized spacial score (nSPS) is 15.9. The van der Waals surface area contributed by atoms with Crippen molar-refractivity contribution in [3.63, 3.8) is 0 Å². The Balaban J connectivity index is 1.88. The van der Waals surface area contributed by atoms with Gasteiger partial charge in [0.1, 0.15) is 48.0 Å². The molecule has 0 bridgehead atoms. The van der Waals surface area contributed by atoms with E-state index in [0.29, 0.717) is 17.5 Å². The number of carboxylic acid groups (broad SMARTS) is 3. The molecule has 1 saturated heterocycles. The molecule has 1 aliphatic heterocycles. The van der Waals surface area contributed by atoms with Gasteiger partial charge in [0.15, 0.2) is 5.96 Å². The molecule has 0 aromatic heterocycles. The first-order chi connectivity index (χ1) is 33.9. The summed E-state index contributed by atoms with van der Waals surface area (Å²) in [5, 5.41) is 53.0. The van der Waals surface area contributed by atoms with Crippen LogP contribution in [0, 0.1) is 0 Å². The number of amides is 8. The van der Waals surface area contributed by atoms with E-state index in [9.17, 15) is 73.2 Å². The highest BCUT2D eigenvalue weighted by Gasteiger charge is 2.40. The highest BCUT2D eigenvalue weighted by Crippen LogP contribution is 2.20. The number of carboxylic acids is 3. The Bertz CT molecular complexity index is 2310. The number of hydrogen-bond acceptors (Lipinski definition) is 14. The lowest BCUT2D eigenvalue weighted by Gasteiger charge is -2.29. The minimum absolute atomic E-state index is 0.0116. The van der Waals surface area contributed by atoms with Crippen molar-refractivity contribution in [2.45, 2.75) is 119 Å². The molecule has 18 N–H and O–H groups in total. The van der Waals surface area contributed by atoms with Crippen molar-refractivity contribution in [1.29, 1.82) is 0 Å². The topological polar surface area (TPSA) is 461 Å². The van der Waals surface area contributed by atoms with Gasteiger partial charge < -0.3 is 80.2 Å². The summed E-state index contributed by atoms with van der Waals surface area (Å²) < 4.78 is 0. The number of likely N-dealkylation sites (tertiary alicyclic amines) is 1. The minimum Gasteiger partial charge on any atom is -0.508 e. The van der Waals surface area contributed by atoms with Crippen LogP contribution in [0.2, 0.25) is 0 Å². The van der Waals surface area contributed by atoms with E-state index in [0.717, 1.165) is 4.90 Å². The van der Waals surface area contributed by atoms with Crippen molar-refractivity contribution < 1.29 is 73.2 Å². The number of aromatic hydroxyl groups is 1. The summed E-state index contributed by atoms with van der Waals surface area (Å²) in [5.74, 6) is -12.5. The first kappa shape index (κ1) is 58.0. The van der Waals surface area contributed by atoms with Gasteiger partial charge in [-0.1, -0.05) is 42.5 Å². The number of carbonyl (C=O) groups excluding carboxylic acids is 8. The van der Waals surface area contributed by atoms with Gasteiger partial charge >= 0.3 is 17.9 Å². The lowest BCUT2D eigenvalue weighted by Crippen LogP contribution is -2.60. The molecule has 8 amide bonds. The van der Waals surface area contributed by atoms with Crippen molar-refractivity contribution >= 4 is 71.1 Å². The van der Waals surface area contributed by atoms with E-state index in [4.69, 9.17) is 22.9 Å².